The van der Waals surface area contributed by atoms with Gasteiger partial charge in [-0.1, -0.05) is 59.6 Å². The van der Waals surface area contributed by atoms with Crippen molar-refractivity contribution in [2.75, 3.05) is 6.61 Å². The minimum absolute atomic E-state index is 0.245. The average Bonchev–Trinajstić information content (AvgIpc) is 2.81. The normalized spacial score (nSPS) is 11.6. The van der Waals surface area contributed by atoms with Gasteiger partial charge >= 0.3 is 0 Å². The summed E-state index contributed by atoms with van der Waals surface area (Å²) in [5.41, 5.74) is 4.50. The molecule has 0 spiro atoms. The smallest absolute Gasteiger partial charge is 0.261 e. The summed E-state index contributed by atoms with van der Waals surface area (Å²) >= 11 is 12.1. The van der Waals surface area contributed by atoms with Gasteiger partial charge in [-0.25, -0.2) is 5.43 Å². The number of nitrogens with zero attached hydrogens (tertiary/aromatic N) is 2. The summed E-state index contributed by atoms with van der Waals surface area (Å²) in [5, 5.41) is 14.4. The molecule has 0 fully saturated rings. The highest BCUT2D eigenvalue weighted by Gasteiger charge is 2.19. The average molecular weight is 482 g/mol. The van der Waals surface area contributed by atoms with E-state index in [1.807, 2.05) is 19.1 Å². The number of nitrogens with one attached hydrogen (secondary N) is 1. The molecule has 0 aliphatic heterocycles. The SMILES string of the molecule is CCOc1cc(/C=N\NC(=O)[C@H](C#N)c2ccccc2)ccc1OCc1ccc(Cl)cc1Cl. The quantitative estimate of drug-likeness (QED) is 0.312. The van der Waals surface area contributed by atoms with Crippen molar-refractivity contribution < 1.29 is 14.3 Å². The third-order valence-corrected chi connectivity index (χ3v) is 5.17. The molecule has 33 heavy (non-hydrogen) atoms. The van der Waals surface area contributed by atoms with Gasteiger partial charge in [0.05, 0.1) is 18.9 Å². The number of rotatable bonds is 9. The fourth-order valence-corrected chi connectivity index (χ4v) is 3.41. The molecule has 8 heteroatoms. The molecule has 6 nitrogen and oxygen atoms in total. The van der Waals surface area contributed by atoms with Crippen LogP contribution in [0.25, 0.3) is 0 Å². The molecule has 0 radical (unpaired) electrons. The van der Waals surface area contributed by atoms with E-state index in [2.05, 4.69) is 10.5 Å². The molecule has 0 saturated carbocycles. The second-order valence-electron chi connectivity index (χ2n) is 6.87. The molecule has 1 amide bonds. The first kappa shape index (κ1) is 24.1. The van der Waals surface area contributed by atoms with E-state index in [1.165, 1.54) is 6.21 Å². The van der Waals surface area contributed by atoms with Crippen LogP contribution in [0.1, 0.15) is 29.5 Å². The number of hydrogen-bond acceptors (Lipinski definition) is 5. The summed E-state index contributed by atoms with van der Waals surface area (Å²) in [4.78, 5) is 12.3. The van der Waals surface area contributed by atoms with Gasteiger partial charge in [0.15, 0.2) is 17.4 Å². The second kappa shape index (κ2) is 11.9. The van der Waals surface area contributed by atoms with Gasteiger partial charge in [-0.2, -0.15) is 10.4 Å². The standard InChI is InChI=1S/C25H21Cl2N3O3/c1-2-32-24-12-17(8-11-23(24)33-16-19-9-10-20(26)13-22(19)27)15-29-30-25(31)21(14-28)18-6-4-3-5-7-18/h3-13,15,21H,2,16H2,1H3,(H,30,31)/b29-15-/t21-/m1/s1. The number of benzene rings is 3. The van der Waals surface area contributed by atoms with Crippen molar-refractivity contribution in [2.24, 2.45) is 5.10 Å². The van der Waals surface area contributed by atoms with Crippen LogP contribution >= 0.6 is 23.2 Å². The molecule has 0 aliphatic carbocycles. The summed E-state index contributed by atoms with van der Waals surface area (Å²) < 4.78 is 11.6. The van der Waals surface area contributed by atoms with Crippen molar-refractivity contribution in [3.05, 3.63) is 93.5 Å². The minimum atomic E-state index is -0.946. The third kappa shape index (κ3) is 6.72. The number of hydrogen-bond donors (Lipinski definition) is 1. The highest BCUT2D eigenvalue weighted by Crippen LogP contribution is 2.30. The van der Waals surface area contributed by atoms with E-state index < -0.39 is 11.8 Å². The number of halogens is 2. The highest BCUT2D eigenvalue weighted by molar-refractivity contribution is 6.35. The Morgan fingerprint density at radius 3 is 2.58 bits per heavy atom. The van der Waals surface area contributed by atoms with Crippen molar-refractivity contribution >= 4 is 35.3 Å². The van der Waals surface area contributed by atoms with Gasteiger partial charge < -0.3 is 9.47 Å². The Morgan fingerprint density at radius 2 is 1.88 bits per heavy atom. The predicted octanol–water partition coefficient (Wildman–Crippen LogP) is 5.73. The molecular weight excluding hydrogens is 461 g/mol. The molecule has 0 unspecified atom stereocenters. The lowest BCUT2D eigenvalue weighted by Gasteiger charge is -2.13. The largest absolute Gasteiger partial charge is 0.490 e. The second-order valence-corrected chi connectivity index (χ2v) is 7.71. The van der Waals surface area contributed by atoms with Gasteiger partial charge in [0.25, 0.3) is 5.91 Å². The van der Waals surface area contributed by atoms with Gasteiger partial charge in [-0.05, 0) is 48.4 Å². The maximum Gasteiger partial charge on any atom is 0.261 e. The maximum atomic E-state index is 12.3. The number of ether oxygens (including phenoxy) is 2. The van der Waals surface area contributed by atoms with E-state index in [-0.39, 0.29) is 6.61 Å². The van der Waals surface area contributed by atoms with Crippen molar-refractivity contribution in [1.29, 1.82) is 5.26 Å². The summed E-state index contributed by atoms with van der Waals surface area (Å²) in [5.74, 6) is -0.391. The molecule has 168 valence electrons. The van der Waals surface area contributed by atoms with Crippen LogP contribution in [0.3, 0.4) is 0 Å². The van der Waals surface area contributed by atoms with Crippen molar-refractivity contribution in [2.45, 2.75) is 19.4 Å². The molecule has 3 aromatic rings. The van der Waals surface area contributed by atoms with Crippen LogP contribution in [0, 0.1) is 11.3 Å². The zero-order valence-electron chi connectivity index (χ0n) is 17.8. The Kier molecular flexibility index (Phi) is 8.71. The molecule has 0 heterocycles. The number of carbonyl (C=O) groups is 1. The van der Waals surface area contributed by atoms with Crippen LogP contribution in [-0.2, 0) is 11.4 Å². The maximum absolute atomic E-state index is 12.3. The molecule has 3 rings (SSSR count). The van der Waals surface area contributed by atoms with E-state index in [4.69, 9.17) is 32.7 Å². The van der Waals surface area contributed by atoms with Crippen LogP contribution in [0.4, 0.5) is 0 Å². The summed E-state index contributed by atoms with van der Waals surface area (Å²) in [6.07, 6.45) is 1.47. The third-order valence-electron chi connectivity index (χ3n) is 4.58. The summed E-state index contributed by atoms with van der Waals surface area (Å²) in [6.45, 7) is 2.55. The predicted molar refractivity (Wildman–Crippen MR) is 129 cm³/mol. The molecule has 0 aromatic heterocycles. The Labute approximate surface area is 202 Å². The van der Waals surface area contributed by atoms with Crippen molar-refractivity contribution in [3.63, 3.8) is 0 Å². The number of hydrazone groups is 1. The lowest BCUT2D eigenvalue weighted by atomic mass is 10.0. The van der Waals surface area contributed by atoms with Crippen LogP contribution in [0.15, 0.2) is 71.8 Å². The first-order chi connectivity index (χ1) is 16.0. The zero-order chi connectivity index (χ0) is 23.6. The van der Waals surface area contributed by atoms with Gasteiger partial charge in [0.1, 0.15) is 6.61 Å². The fraction of sp³-hybridized carbons (Fsp3) is 0.160. The Bertz CT molecular complexity index is 1180. The van der Waals surface area contributed by atoms with E-state index >= 15 is 0 Å². The molecule has 3 aromatic carbocycles. The lowest BCUT2D eigenvalue weighted by Crippen LogP contribution is -2.24. The molecule has 0 aliphatic rings. The summed E-state index contributed by atoms with van der Waals surface area (Å²) in [7, 11) is 0. The molecule has 1 atom stereocenters. The Hall–Kier alpha value is -3.53. The summed E-state index contributed by atoms with van der Waals surface area (Å²) in [6, 6.07) is 21.3. The lowest BCUT2D eigenvalue weighted by molar-refractivity contribution is -0.121. The topological polar surface area (TPSA) is 83.7 Å². The molecule has 1 N–H and O–H groups in total. The monoisotopic (exact) mass is 481 g/mol. The van der Waals surface area contributed by atoms with Crippen LogP contribution in [0.2, 0.25) is 10.0 Å². The van der Waals surface area contributed by atoms with E-state index in [0.29, 0.717) is 39.3 Å². The van der Waals surface area contributed by atoms with Crippen LogP contribution in [0.5, 0.6) is 11.5 Å². The minimum Gasteiger partial charge on any atom is -0.490 e. The Morgan fingerprint density at radius 1 is 1.09 bits per heavy atom. The van der Waals surface area contributed by atoms with E-state index in [0.717, 1.165) is 5.56 Å². The van der Waals surface area contributed by atoms with Gasteiger partial charge in [0, 0.05) is 15.6 Å². The highest BCUT2D eigenvalue weighted by atomic mass is 35.5. The number of amides is 1. The van der Waals surface area contributed by atoms with Crippen LogP contribution in [-0.4, -0.2) is 18.7 Å². The van der Waals surface area contributed by atoms with Gasteiger partial charge in [-0.15, -0.1) is 0 Å². The van der Waals surface area contributed by atoms with Gasteiger partial charge in [-0.3, -0.25) is 4.79 Å². The first-order valence-corrected chi connectivity index (χ1v) is 10.9. The van der Waals surface area contributed by atoms with Gasteiger partial charge in [0.2, 0.25) is 0 Å². The number of carbonyl (C=O) groups excluding carboxylic acids is 1. The van der Waals surface area contributed by atoms with Crippen LogP contribution < -0.4 is 14.9 Å². The zero-order valence-corrected chi connectivity index (χ0v) is 19.3. The first-order valence-electron chi connectivity index (χ1n) is 10.1. The van der Waals surface area contributed by atoms with E-state index in [9.17, 15) is 10.1 Å². The Balaban J connectivity index is 1.67. The molecule has 0 saturated heterocycles. The van der Waals surface area contributed by atoms with E-state index in [1.54, 1.807) is 60.7 Å². The number of nitriles is 1. The molecule has 0 bridgehead atoms. The van der Waals surface area contributed by atoms with Crippen molar-refractivity contribution in [3.8, 4) is 17.6 Å². The fourth-order valence-electron chi connectivity index (χ4n) is 2.95. The van der Waals surface area contributed by atoms with Crippen molar-refractivity contribution in [1.82, 2.24) is 5.43 Å². The molecular formula is C25H21Cl2N3O3.